The van der Waals surface area contributed by atoms with Crippen molar-refractivity contribution in [3.63, 3.8) is 0 Å². The van der Waals surface area contributed by atoms with Gasteiger partial charge >= 0.3 is 0 Å². The highest BCUT2D eigenvalue weighted by Crippen LogP contribution is 2.25. The Balaban J connectivity index is 2.09. The summed E-state index contributed by atoms with van der Waals surface area (Å²) in [5, 5.41) is 0. The van der Waals surface area contributed by atoms with E-state index in [4.69, 9.17) is 5.73 Å². The van der Waals surface area contributed by atoms with Gasteiger partial charge in [-0.25, -0.2) is 0 Å². The van der Waals surface area contributed by atoms with Crippen molar-refractivity contribution in [3.8, 4) is 0 Å². The summed E-state index contributed by atoms with van der Waals surface area (Å²) in [5.41, 5.74) is 6.99. The molecule has 1 fully saturated rings. The third kappa shape index (κ3) is 2.72. The van der Waals surface area contributed by atoms with Crippen LogP contribution in [0.4, 0.5) is 0 Å². The Labute approximate surface area is 109 Å². The summed E-state index contributed by atoms with van der Waals surface area (Å²) in [4.78, 5) is 14.4. The van der Waals surface area contributed by atoms with Crippen LogP contribution in [0.25, 0.3) is 0 Å². The van der Waals surface area contributed by atoms with Crippen LogP contribution in [-0.2, 0) is 4.79 Å². The van der Waals surface area contributed by atoms with E-state index in [1.54, 1.807) is 0 Å². The van der Waals surface area contributed by atoms with Crippen molar-refractivity contribution in [3.05, 3.63) is 35.9 Å². The van der Waals surface area contributed by atoms with Crippen LogP contribution in [0.5, 0.6) is 0 Å². The summed E-state index contributed by atoms with van der Waals surface area (Å²) in [5.74, 6) is 0.0654. The van der Waals surface area contributed by atoms with E-state index in [9.17, 15) is 4.79 Å². The van der Waals surface area contributed by atoms with Gasteiger partial charge in [-0.1, -0.05) is 43.2 Å². The lowest BCUT2D eigenvalue weighted by atomic mass is 10.1. The maximum absolute atomic E-state index is 12.5. The Morgan fingerprint density at radius 1 is 1.33 bits per heavy atom. The minimum absolute atomic E-state index is 0.0654. The maximum atomic E-state index is 12.5. The second-order valence-corrected chi connectivity index (χ2v) is 4.95. The van der Waals surface area contributed by atoms with E-state index in [-0.39, 0.29) is 5.91 Å². The van der Waals surface area contributed by atoms with Gasteiger partial charge in [0.25, 0.3) is 0 Å². The SMILES string of the molecule is CCN(C(=O)C(N)c1ccccc1)C1CCCC1. The zero-order valence-corrected chi connectivity index (χ0v) is 11.0. The minimum Gasteiger partial charge on any atom is -0.338 e. The van der Waals surface area contributed by atoms with E-state index in [2.05, 4.69) is 0 Å². The summed E-state index contributed by atoms with van der Waals surface area (Å²) < 4.78 is 0. The Morgan fingerprint density at radius 3 is 2.50 bits per heavy atom. The molecule has 2 N–H and O–H groups in total. The van der Waals surface area contributed by atoms with E-state index in [0.29, 0.717) is 6.04 Å². The number of hydrogen-bond acceptors (Lipinski definition) is 2. The lowest BCUT2D eigenvalue weighted by Gasteiger charge is -2.30. The predicted octanol–water partition coefficient (Wildman–Crippen LogP) is 2.48. The molecule has 1 unspecified atom stereocenters. The molecule has 1 aliphatic rings. The topological polar surface area (TPSA) is 46.3 Å². The number of likely N-dealkylation sites (N-methyl/N-ethyl adjacent to an activating group) is 1. The first-order valence-electron chi connectivity index (χ1n) is 6.85. The van der Waals surface area contributed by atoms with Crippen LogP contribution in [0.2, 0.25) is 0 Å². The van der Waals surface area contributed by atoms with Gasteiger partial charge in [0.15, 0.2) is 0 Å². The molecule has 1 aromatic rings. The van der Waals surface area contributed by atoms with Crippen LogP contribution >= 0.6 is 0 Å². The predicted molar refractivity (Wildman–Crippen MR) is 73.0 cm³/mol. The molecule has 0 spiro atoms. The summed E-state index contributed by atoms with van der Waals surface area (Å²) in [6, 6.07) is 9.51. The Hall–Kier alpha value is -1.35. The first kappa shape index (κ1) is 13.1. The highest BCUT2D eigenvalue weighted by molar-refractivity contribution is 5.83. The molecule has 3 heteroatoms. The smallest absolute Gasteiger partial charge is 0.244 e. The molecule has 1 aromatic carbocycles. The third-order valence-electron chi connectivity index (χ3n) is 3.81. The zero-order valence-electron chi connectivity index (χ0n) is 11.0. The second kappa shape index (κ2) is 6.01. The molecule has 18 heavy (non-hydrogen) atoms. The van der Waals surface area contributed by atoms with Gasteiger partial charge in [-0.15, -0.1) is 0 Å². The number of hydrogen-bond donors (Lipinski definition) is 1. The van der Waals surface area contributed by atoms with E-state index < -0.39 is 6.04 Å². The largest absolute Gasteiger partial charge is 0.338 e. The lowest BCUT2D eigenvalue weighted by molar-refractivity contribution is -0.134. The van der Waals surface area contributed by atoms with Crippen LogP contribution in [0, 0.1) is 0 Å². The van der Waals surface area contributed by atoms with Crippen molar-refractivity contribution in [1.82, 2.24) is 4.90 Å². The molecule has 1 atom stereocenters. The molecule has 1 amide bonds. The third-order valence-corrected chi connectivity index (χ3v) is 3.81. The van der Waals surface area contributed by atoms with E-state index in [1.165, 1.54) is 12.8 Å². The molecule has 2 rings (SSSR count). The highest BCUT2D eigenvalue weighted by atomic mass is 16.2. The van der Waals surface area contributed by atoms with Crippen molar-refractivity contribution in [2.75, 3.05) is 6.54 Å². The van der Waals surface area contributed by atoms with Gasteiger partial charge in [0, 0.05) is 12.6 Å². The number of carbonyl (C=O) groups is 1. The molecule has 0 radical (unpaired) electrons. The number of nitrogens with zero attached hydrogens (tertiary/aromatic N) is 1. The maximum Gasteiger partial charge on any atom is 0.244 e. The molecular weight excluding hydrogens is 224 g/mol. The number of rotatable bonds is 4. The monoisotopic (exact) mass is 246 g/mol. The van der Waals surface area contributed by atoms with E-state index in [0.717, 1.165) is 24.9 Å². The van der Waals surface area contributed by atoms with Gasteiger partial charge in [-0.2, -0.15) is 0 Å². The van der Waals surface area contributed by atoms with Gasteiger partial charge in [-0.05, 0) is 25.3 Å². The summed E-state index contributed by atoms with van der Waals surface area (Å²) in [7, 11) is 0. The fourth-order valence-corrected chi connectivity index (χ4v) is 2.79. The number of nitrogens with two attached hydrogens (primary N) is 1. The van der Waals surface area contributed by atoms with E-state index in [1.807, 2.05) is 42.2 Å². The fraction of sp³-hybridized carbons (Fsp3) is 0.533. The summed E-state index contributed by atoms with van der Waals surface area (Å²) in [6.45, 7) is 2.79. The number of benzene rings is 1. The average molecular weight is 246 g/mol. The Kier molecular flexibility index (Phi) is 4.37. The van der Waals surface area contributed by atoms with Crippen molar-refractivity contribution >= 4 is 5.91 Å². The van der Waals surface area contributed by atoms with Crippen molar-refractivity contribution < 1.29 is 4.79 Å². The lowest BCUT2D eigenvalue weighted by Crippen LogP contribution is -2.43. The molecule has 3 nitrogen and oxygen atoms in total. The van der Waals surface area contributed by atoms with Gasteiger partial charge in [-0.3, -0.25) is 4.79 Å². The second-order valence-electron chi connectivity index (χ2n) is 4.95. The van der Waals surface area contributed by atoms with Gasteiger partial charge in [0.05, 0.1) is 0 Å². The van der Waals surface area contributed by atoms with Crippen LogP contribution in [0.15, 0.2) is 30.3 Å². The number of amides is 1. The Bertz CT molecular complexity index is 385. The van der Waals surface area contributed by atoms with Crippen molar-refractivity contribution in [2.24, 2.45) is 5.73 Å². The van der Waals surface area contributed by atoms with Crippen LogP contribution in [0.1, 0.15) is 44.2 Å². The average Bonchev–Trinajstić information content (AvgIpc) is 2.93. The molecular formula is C15H22N2O. The first-order chi connectivity index (χ1) is 8.74. The van der Waals surface area contributed by atoms with Crippen molar-refractivity contribution in [1.29, 1.82) is 0 Å². The van der Waals surface area contributed by atoms with Crippen LogP contribution < -0.4 is 5.73 Å². The summed E-state index contributed by atoms with van der Waals surface area (Å²) in [6.07, 6.45) is 4.71. The quantitative estimate of drug-likeness (QED) is 0.887. The van der Waals surface area contributed by atoms with Gasteiger partial charge in [0.2, 0.25) is 5.91 Å². The molecule has 1 aliphatic carbocycles. The molecule has 0 bridgehead atoms. The normalized spacial score (nSPS) is 17.7. The van der Waals surface area contributed by atoms with Crippen LogP contribution in [-0.4, -0.2) is 23.4 Å². The molecule has 0 saturated heterocycles. The van der Waals surface area contributed by atoms with E-state index >= 15 is 0 Å². The fourth-order valence-electron chi connectivity index (χ4n) is 2.79. The molecule has 0 aliphatic heterocycles. The minimum atomic E-state index is -0.522. The molecule has 0 aromatic heterocycles. The first-order valence-corrected chi connectivity index (χ1v) is 6.85. The number of carbonyl (C=O) groups excluding carboxylic acids is 1. The highest BCUT2D eigenvalue weighted by Gasteiger charge is 2.29. The molecule has 98 valence electrons. The zero-order chi connectivity index (χ0) is 13.0. The Morgan fingerprint density at radius 2 is 1.94 bits per heavy atom. The van der Waals surface area contributed by atoms with Gasteiger partial charge < -0.3 is 10.6 Å². The standard InChI is InChI=1S/C15H22N2O/c1-2-17(13-10-6-7-11-13)15(18)14(16)12-8-4-3-5-9-12/h3-5,8-9,13-14H,2,6-7,10-11,16H2,1H3. The molecule has 1 saturated carbocycles. The van der Waals surface area contributed by atoms with Crippen LogP contribution in [0.3, 0.4) is 0 Å². The summed E-state index contributed by atoms with van der Waals surface area (Å²) >= 11 is 0. The molecule has 0 heterocycles. The van der Waals surface area contributed by atoms with Crippen molar-refractivity contribution in [2.45, 2.75) is 44.7 Å². The van der Waals surface area contributed by atoms with Gasteiger partial charge in [0.1, 0.15) is 6.04 Å².